The van der Waals surface area contributed by atoms with Crippen molar-refractivity contribution >= 4 is 22.2 Å². The Balaban J connectivity index is 2.25. The lowest BCUT2D eigenvalue weighted by molar-refractivity contribution is 0.514. The molecule has 5 heteroatoms. The summed E-state index contributed by atoms with van der Waals surface area (Å²) >= 11 is 0. The van der Waals surface area contributed by atoms with Crippen LogP contribution in [0.15, 0.2) is 59.4 Å². The lowest BCUT2D eigenvalue weighted by Gasteiger charge is -2.05. The minimum atomic E-state index is -0.353. The van der Waals surface area contributed by atoms with E-state index in [1.54, 1.807) is 54.6 Å². The minimum Gasteiger partial charge on any atom is -0.506 e. The van der Waals surface area contributed by atoms with Gasteiger partial charge >= 0.3 is 0 Å². The number of aromatic amines is 1. The van der Waals surface area contributed by atoms with Gasteiger partial charge in [0.25, 0.3) is 5.56 Å². The number of allylic oxidation sites excluding steroid dienone is 1. The number of H-pyrrole nitrogens is 1. The Morgan fingerprint density at radius 3 is 2.50 bits per heavy atom. The third-order valence-electron chi connectivity index (χ3n) is 3.25. The smallest absolute Gasteiger partial charge is 0.259 e. The summed E-state index contributed by atoms with van der Waals surface area (Å²) in [6, 6.07) is 17.4. The van der Waals surface area contributed by atoms with E-state index in [9.17, 15) is 15.2 Å². The lowest BCUT2D eigenvalue weighted by atomic mass is 10.1. The molecule has 2 aromatic carbocycles. The van der Waals surface area contributed by atoms with Gasteiger partial charge in [0, 0.05) is 5.56 Å². The zero-order chi connectivity index (χ0) is 15.5. The number of aromatic nitrogens is 2. The van der Waals surface area contributed by atoms with Gasteiger partial charge in [0.1, 0.15) is 17.4 Å². The zero-order valence-corrected chi connectivity index (χ0v) is 11.4. The summed E-state index contributed by atoms with van der Waals surface area (Å²) in [6.07, 6.45) is 0. The van der Waals surface area contributed by atoms with E-state index in [0.717, 1.165) is 0 Å². The Morgan fingerprint density at radius 1 is 1.09 bits per heavy atom. The van der Waals surface area contributed by atoms with Crippen LogP contribution in [-0.4, -0.2) is 15.1 Å². The highest BCUT2D eigenvalue weighted by atomic mass is 16.3. The van der Waals surface area contributed by atoms with E-state index in [4.69, 9.17) is 0 Å². The fourth-order valence-electron chi connectivity index (χ4n) is 2.16. The molecule has 2 N–H and O–H groups in total. The van der Waals surface area contributed by atoms with Crippen LogP contribution in [0.25, 0.3) is 22.2 Å². The summed E-state index contributed by atoms with van der Waals surface area (Å²) in [4.78, 5) is 18.9. The van der Waals surface area contributed by atoms with Crippen LogP contribution in [0.5, 0.6) is 0 Å². The van der Waals surface area contributed by atoms with Crippen molar-refractivity contribution in [3.05, 3.63) is 76.3 Å². The van der Waals surface area contributed by atoms with Crippen molar-refractivity contribution in [2.24, 2.45) is 0 Å². The first-order valence-electron chi connectivity index (χ1n) is 6.59. The first-order chi connectivity index (χ1) is 10.7. The molecule has 0 fully saturated rings. The fourth-order valence-corrected chi connectivity index (χ4v) is 2.16. The molecule has 1 heterocycles. The minimum absolute atomic E-state index is 0.0487. The van der Waals surface area contributed by atoms with Gasteiger partial charge in [-0.1, -0.05) is 42.5 Å². The van der Waals surface area contributed by atoms with Gasteiger partial charge in [-0.2, -0.15) is 5.26 Å². The molecule has 0 atom stereocenters. The number of hydrogen-bond acceptors (Lipinski definition) is 4. The molecule has 106 valence electrons. The predicted octanol–water partition coefficient (Wildman–Crippen LogP) is 2.87. The average molecular weight is 289 g/mol. The topological polar surface area (TPSA) is 89.8 Å². The molecule has 0 amide bonds. The number of para-hydroxylation sites is 1. The van der Waals surface area contributed by atoms with E-state index < -0.39 is 0 Å². The van der Waals surface area contributed by atoms with E-state index in [2.05, 4.69) is 9.97 Å². The highest BCUT2D eigenvalue weighted by Gasteiger charge is 2.14. The van der Waals surface area contributed by atoms with Crippen molar-refractivity contribution in [2.45, 2.75) is 0 Å². The number of rotatable bonds is 2. The van der Waals surface area contributed by atoms with E-state index in [1.807, 2.05) is 6.07 Å². The molecule has 22 heavy (non-hydrogen) atoms. The summed E-state index contributed by atoms with van der Waals surface area (Å²) in [5, 5.41) is 20.1. The normalized spacial score (nSPS) is 11.8. The fraction of sp³-hybridized carbons (Fsp3) is 0. The summed E-state index contributed by atoms with van der Waals surface area (Å²) in [5.41, 5.74) is 0.521. The lowest BCUT2D eigenvalue weighted by Crippen LogP contribution is -2.11. The molecule has 3 rings (SSSR count). The van der Waals surface area contributed by atoms with Crippen LogP contribution < -0.4 is 5.56 Å². The monoisotopic (exact) mass is 289 g/mol. The highest BCUT2D eigenvalue weighted by Crippen LogP contribution is 2.21. The molecule has 0 aliphatic carbocycles. The van der Waals surface area contributed by atoms with Gasteiger partial charge in [-0.15, -0.1) is 0 Å². The van der Waals surface area contributed by atoms with Gasteiger partial charge in [-0.3, -0.25) is 4.79 Å². The van der Waals surface area contributed by atoms with Gasteiger partial charge in [-0.25, -0.2) is 4.98 Å². The zero-order valence-electron chi connectivity index (χ0n) is 11.4. The van der Waals surface area contributed by atoms with E-state index in [-0.39, 0.29) is 22.7 Å². The maximum atomic E-state index is 12.1. The standard InChI is InChI=1S/C17H11N3O2/c18-10-13(15(21)11-6-2-1-3-7-11)16-19-14-9-5-4-8-12(14)17(22)20-16/h1-9,21H,(H,19,20,22). The van der Waals surface area contributed by atoms with Crippen molar-refractivity contribution < 1.29 is 5.11 Å². The van der Waals surface area contributed by atoms with Crippen molar-refractivity contribution in [3.63, 3.8) is 0 Å². The summed E-state index contributed by atoms with van der Waals surface area (Å²) in [6.45, 7) is 0. The summed E-state index contributed by atoms with van der Waals surface area (Å²) in [5.74, 6) is -0.172. The second-order valence-electron chi connectivity index (χ2n) is 4.63. The third kappa shape index (κ3) is 2.34. The Kier molecular flexibility index (Phi) is 3.42. The highest BCUT2D eigenvalue weighted by molar-refractivity contribution is 5.93. The quantitative estimate of drug-likeness (QED) is 0.560. The summed E-state index contributed by atoms with van der Waals surface area (Å²) in [7, 11) is 0. The van der Waals surface area contributed by atoms with Crippen molar-refractivity contribution in [1.29, 1.82) is 5.26 Å². The van der Waals surface area contributed by atoms with E-state index >= 15 is 0 Å². The van der Waals surface area contributed by atoms with E-state index in [1.165, 1.54) is 0 Å². The number of hydrogen-bond donors (Lipinski definition) is 2. The maximum Gasteiger partial charge on any atom is 0.259 e. The molecule has 0 aliphatic rings. The predicted molar refractivity (Wildman–Crippen MR) is 83.9 cm³/mol. The Hall–Kier alpha value is -3.39. The van der Waals surface area contributed by atoms with Gasteiger partial charge in [-0.05, 0) is 12.1 Å². The van der Waals surface area contributed by atoms with Crippen LogP contribution >= 0.6 is 0 Å². The Morgan fingerprint density at radius 2 is 1.77 bits per heavy atom. The number of aliphatic hydroxyl groups excluding tert-OH is 1. The molecule has 1 aromatic heterocycles. The average Bonchev–Trinajstić information content (AvgIpc) is 2.56. The van der Waals surface area contributed by atoms with Gasteiger partial charge < -0.3 is 10.1 Å². The van der Waals surface area contributed by atoms with Gasteiger partial charge in [0.05, 0.1) is 10.9 Å². The van der Waals surface area contributed by atoms with Crippen LogP contribution in [-0.2, 0) is 0 Å². The number of nitrogens with zero attached hydrogens (tertiary/aromatic N) is 2. The number of aliphatic hydroxyl groups is 1. The SMILES string of the molecule is N#CC(=C(O)c1ccccc1)c1nc2ccccc2c(=O)[nH]1. The molecule has 0 spiro atoms. The molecule has 5 nitrogen and oxygen atoms in total. The van der Waals surface area contributed by atoms with Crippen LogP contribution in [0.1, 0.15) is 11.4 Å². The van der Waals surface area contributed by atoms with Crippen molar-refractivity contribution in [1.82, 2.24) is 9.97 Å². The Bertz CT molecular complexity index is 966. The Labute approximate surface area is 125 Å². The van der Waals surface area contributed by atoms with Crippen LogP contribution in [0.3, 0.4) is 0 Å². The summed E-state index contributed by atoms with van der Waals surface area (Å²) < 4.78 is 0. The second-order valence-corrected chi connectivity index (χ2v) is 4.63. The van der Waals surface area contributed by atoms with Gasteiger partial charge in [0.2, 0.25) is 0 Å². The molecule has 0 aliphatic heterocycles. The van der Waals surface area contributed by atoms with Crippen LogP contribution in [0, 0.1) is 11.3 Å². The second kappa shape index (κ2) is 5.54. The number of nitrogens with one attached hydrogen (secondary N) is 1. The van der Waals surface area contributed by atoms with E-state index in [0.29, 0.717) is 16.5 Å². The van der Waals surface area contributed by atoms with Crippen molar-refractivity contribution in [3.8, 4) is 6.07 Å². The van der Waals surface area contributed by atoms with Gasteiger partial charge in [0.15, 0.2) is 5.82 Å². The first kappa shape index (κ1) is 13.6. The number of fused-ring (bicyclic) bond motifs is 1. The first-order valence-corrected chi connectivity index (χ1v) is 6.59. The molecule has 0 unspecified atom stereocenters. The van der Waals surface area contributed by atoms with Crippen LogP contribution in [0.2, 0.25) is 0 Å². The number of benzene rings is 2. The molecule has 3 aromatic rings. The molecule has 0 saturated carbocycles. The van der Waals surface area contributed by atoms with Crippen LogP contribution in [0.4, 0.5) is 0 Å². The number of nitriles is 1. The molecule has 0 saturated heterocycles. The maximum absolute atomic E-state index is 12.1. The molecule has 0 bridgehead atoms. The molecular formula is C17H11N3O2. The molecule has 0 radical (unpaired) electrons. The third-order valence-corrected chi connectivity index (χ3v) is 3.25. The largest absolute Gasteiger partial charge is 0.506 e. The molecular weight excluding hydrogens is 278 g/mol. The van der Waals surface area contributed by atoms with Crippen molar-refractivity contribution in [2.75, 3.05) is 0 Å².